The van der Waals surface area contributed by atoms with Gasteiger partial charge in [-0.1, -0.05) is 30.3 Å². The molecular formula is C60H53F5N12O9. The third-order valence-corrected chi connectivity index (χ3v) is 15.2. The van der Waals surface area contributed by atoms with Gasteiger partial charge in [0.2, 0.25) is 0 Å². The second-order valence-corrected chi connectivity index (χ2v) is 20.8. The van der Waals surface area contributed by atoms with Gasteiger partial charge in [-0.3, -0.25) is 38.4 Å². The highest BCUT2D eigenvalue weighted by Gasteiger charge is 2.35. The SMILES string of the molecule is CC(=O)CNC(=O)c1ccc2c(c1C)CC[C@@H]2NC(=O)c1cc(C(=O)NCc2ccc(F)c(C(F)(F)F)c2)nc2c(F)cnn12.CC(=O)c1ccc2c(c1C)CC[C@@H]2NC(=O)c1cc(C(=O)NCc2ccc3c(c2)N(C)C(=O)CO3)nc2ccnn12. The Balaban J connectivity index is 0.000000191. The zero-order valence-corrected chi connectivity index (χ0v) is 46.7. The summed E-state index contributed by atoms with van der Waals surface area (Å²) in [5.41, 5.74) is 5.85. The normalized spacial score (nSPS) is 15.0. The minimum absolute atomic E-state index is 0.00801. The molecule has 0 saturated heterocycles. The number of anilines is 1. The number of nitrogens with one attached hydrogen (secondary N) is 5. The number of hydrogen-bond donors (Lipinski definition) is 5. The summed E-state index contributed by atoms with van der Waals surface area (Å²) in [6.07, 6.45) is -0.133. The van der Waals surface area contributed by atoms with Crippen LogP contribution in [0.25, 0.3) is 11.3 Å². The molecule has 0 radical (unpaired) electrons. The molecule has 8 aromatic rings. The Bertz CT molecular complexity index is 4160. The van der Waals surface area contributed by atoms with Crippen molar-refractivity contribution in [3.05, 3.63) is 187 Å². The number of nitrogens with zero attached hydrogens (tertiary/aromatic N) is 7. The molecule has 86 heavy (non-hydrogen) atoms. The highest BCUT2D eigenvalue weighted by atomic mass is 19.4. The number of fused-ring (bicyclic) bond motifs is 5. The standard InChI is InChI=1S/C30H25F5N6O4.C30H28N6O5/c1-14(42)11-36-27(43)18-4-5-19-17(15(18)2)6-8-23(19)40-29(45)25-10-24(39-26-22(32)13-38-41(25)26)28(44)37-12-16-3-7-21(31)20(9-16)30(33,34)35;1-16-19(17(2)37)5-6-21-20(16)7-8-22(21)34-30(40)25-13-23(33-27-10-11-32-36(25)27)29(39)31-14-18-4-9-26-24(12-18)35(3)28(38)15-41-26/h3-5,7,9-10,13,23H,6,8,11-12H2,1-2H3,(H,36,43)(H,37,44)(H,40,45);4-6,9-13,22H,7-8,14-15H2,1-3H3,(H,31,39)(H,34,40)/t23-;22-/m00/s1. The summed E-state index contributed by atoms with van der Waals surface area (Å²) >= 11 is 0. The fourth-order valence-electron chi connectivity index (χ4n) is 10.7. The minimum atomic E-state index is -4.94. The largest absolute Gasteiger partial charge is 0.482 e. The Hall–Kier alpha value is -10.3. The van der Waals surface area contributed by atoms with Crippen molar-refractivity contribution in [1.82, 2.24) is 55.8 Å². The molecule has 442 valence electrons. The lowest BCUT2D eigenvalue weighted by molar-refractivity contribution is -0.140. The number of hydrogen-bond acceptors (Lipinski definition) is 13. The molecule has 21 nitrogen and oxygen atoms in total. The third kappa shape index (κ3) is 11.9. The van der Waals surface area contributed by atoms with E-state index >= 15 is 0 Å². The quantitative estimate of drug-likeness (QED) is 0.0546. The smallest absolute Gasteiger partial charge is 0.419 e. The van der Waals surface area contributed by atoms with Crippen molar-refractivity contribution < 1.29 is 65.0 Å². The van der Waals surface area contributed by atoms with Crippen molar-refractivity contribution in [3.8, 4) is 5.75 Å². The number of carbonyl (C=O) groups excluding carboxylic acids is 8. The lowest BCUT2D eigenvalue weighted by Crippen LogP contribution is -2.35. The predicted molar refractivity (Wildman–Crippen MR) is 297 cm³/mol. The molecule has 0 bridgehead atoms. The van der Waals surface area contributed by atoms with E-state index in [4.69, 9.17) is 4.74 Å². The van der Waals surface area contributed by atoms with E-state index in [1.165, 1.54) is 28.6 Å². The minimum Gasteiger partial charge on any atom is -0.482 e. The van der Waals surface area contributed by atoms with Crippen molar-refractivity contribution in [2.45, 2.75) is 84.7 Å². The number of ether oxygens (including phenoxy) is 1. The molecule has 6 amide bonds. The number of alkyl halides is 3. The van der Waals surface area contributed by atoms with Gasteiger partial charge < -0.3 is 36.2 Å². The number of amides is 6. The average molecular weight is 1180 g/mol. The second kappa shape index (κ2) is 23.8. The predicted octanol–water partition coefficient (Wildman–Crippen LogP) is 6.94. The van der Waals surface area contributed by atoms with Crippen molar-refractivity contribution >= 4 is 64.0 Å². The number of halogens is 5. The first-order valence-corrected chi connectivity index (χ1v) is 26.9. The average Bonchev–Trinajstić information content (AvgIpc) is 2.06. The first kappa shape index (κ1) is 58.9. The molecule has 0 fully saturated rings. The van der Waals surface area contributed by atoms with E-state index in [1.54, 1.807) is 51.2 Å². The van der Waals surface area contributed by atoms with Gasteiger partial charge in [0.05, 0.1) is 42.3 Å². The summed E-state index contributed by atoms with van der Waals surface area (Å²) < 4.78 is 75.2. The van der Waals surface area contributed by atoms with E-state index in [1.807, 2.05) is 25.1 Å². The van der Waals surface area contributed by atoms with E-state index in [0.717, 1.165) is 62.6 Å². The van der Waals surface area contributed by atoms with Crippen LogP contribution >= 0.6 is 0 Å². The zero-order chi connectivity index (χ0) is 61.5. The molecule has 5 heterocycles. The topological polar surface area (TPSA) is 270 Å². The molecule has 11 rings (SSSR count). The summed E-state index contributed by atoms with van der Waals surface area (Å²) in [4.78, 5) is 111. The maximum absolute atomic E-state index is 14.5. The molecule has 2 aliphatic carbocycles. The molecular weight excluding hydrogens is 1130 g/mol. The lowest BCUT2D eigenvalue weighted by atomic mass is 9.96. The van der Waals surface area contributed by atoms with E-state index in [-0.39, 0.29) is 71.8 Å². The molecule has 1 aliphatic heterocycles. The number of ketones is 2. The summed E-state index contributed by atoms with van der Waals surface area (Å²) in [6, 6.07) is 18.1. The van der Waals surface area contributed by atoms with Gasteiger partial charge in [0, 0.05) is 49.5 Å². The van der Waals surface area contributed by atoms with Gasteiger partial charge in [-0.05, 0) is 128 Å². The number of rotatable bonds is 14. The lowest BCUT2D eigenvalue weighted by Gasteiger charge is -2.26. The van der Waals surface area contributed by atoms with E-state index in [0.29, 0.717) is 65.2 Å². The number of aromatic nitrogens is 6. The van der Waals surface area contributed by atoms with Gasteiger partial charge in [0.1, 0.15) is 40.1 Å². The Morgan fingerprint density at radius 1 is 0.651 bits per heavy atom. The second-order valence-electron chi connectivity index (χ2n) is 20.8. The fraction of sp³-hybridized carbons (Fsp3) is 0.267. The van der Waals surface area contributed by atoms with Crippen LogP contribution in [0.4, 0.5) is 27.6 Å². The maximum atomic E-state index is 14.5. The zero-order valence-electron chi connectivity index (χ0n) is 46.7. The summed E-state index contributed by atoms with van der Waals surface area (Å²) in [6.45, 7) is 6.25. The Morgan fingerprint density at radius 2 is 1.23 bits per heavy atom. The molecule has 4 aromatic heterocycles. The van der Waals surface area contributed by atoms with Gasteiger partial charge in [-0.25, -0.2) is 27.8 Å². The van der Waals surface area contributed by atoms with Crippen LogP contribution < -0.4 is 36.2 Å². The molecule has 0 unspecified atom stereocenters. The van der Waals surface area contributed by atoms with Crippen LogP contribution in [0.15, 0.2) is 91.3 Å². The van der Waals surface area contributed by atoms with Gasteiger partial charge in [0.25, 0.3) is 35.4 Å². The highest BCUT2D eigenvalue weighted by Crippen LogP contribution is 2.38. The van der Waals surface area contributed by atoms with Gasteiger partial charge >= 0.3 is 6.18 Å². The molecule has 0 saturated carbocycles. The van der Waals surface area contributed by atoms with Crippen LogP contribution in [0.2, 0.25) is 0 Å². The molecule has 2 atom stereocenters. The van der Waals surface area contributed by atoms with Crippen LogP contribution in [0.1, 0.15) is 152 Å². The Kier molecular flexibility index (Phi) is 16.3. The van der Waals surface area contributed by atoms with Crippen LogP contribution in [-0.2, 0) is 41.7 Å². The van der Waals surface area contributed by atoms with Crippen molar-refractivity contribution in [2.24, 2.45) is 0 Å². The Labute approximate surface area is 485 Å². The fourth-order valence-corrected chi connectivity index (χ4v) is 10.7. The van der Waals surface area contributed by atoms with Crippen molar-refractivity contribution in [1.29, 1.82) is 0 Å². The van der Waals surface area contributed by atoms with E-state index < -0.39 is 70.9 Å². The number of likely N-dealkylation sites (N-methyl/N-ethyl adjacent to an activating group) is 1. The molecule has 5 N–H and O–H groups in total. The van der Waals surface area contributed by atoms with Crippen LogP contribution in [0.5, 0.6) is 5.75 Å². The summed E-state index contributed by atoms with van der Waals surface area (Å²) in [5, 5.41) is 21.8. The van der Waals surface area contributed by atoms with Crippen LogP contribution in [0.3, 0.4) is 0 Å². The van der Waals surface area contributed by atoms with Gasteiger partial charge in [-0.2, -0.15) is 23.4 Å². The number of carbonyl (C=O) groups is 8. The highest BCUT2D eigenvalue weighted by molar-refractivity contribution is 6.01. The number of Topliss-reactive ketones (excluding diaryl/α,β-unsaturated/α-hetero) is 2. The first-order chi connectivity index (χ1) is 40.9. The monoisotopic (exact) mass is 1180 g/mol. The molecule has 3 aliphatic rings. The third-order valence-electron chi connectivity index (χ3n) is 15.2. The summed E-state index contributed by atoms with van der Waals surface area (Å²) in [5.74, 6) is -5.01. The van der Waals surface area contributed by atoms with E-state index in [9.17, 15) is 60.3 Å². The first-order valence-electron chi connectivity index (χ1n) is 26.9. The number of benzene rings is 4. The van der Waals surface area contributed by atoms with E-state index in [2.05, 4.69) is 46.7 Å². The Morgan fingerprint density at radius 3 is 1.85 bits per heavy atom. The van der Waals surface area contributed by atoms with Gasteiger partial charge in [0.15, 0.2) is 29.5 Å². The molecule has 26 heteroatoms. The maximum Gasteiger partial charge on any atom is 0.419 e. The van der Waals surface area contributed by atoms with Crippen molar-refractivity contribution in [2.75, 3.05) is 25.1 Å². The van der Waals surface area contributed by atoms with Gasteiger partial charge in [-0.15, -0.1) is 0 Å². The van der Waals surface area contributed by atoms with Crippen LogP contribution in [0, 0.1) is 25.5 Å². The molecule has 4 aromatic carbocycles. The molecule has 0 spiro atoms. The summed E-state index contributed by atoms with van der Waals surface area (Å²) in [7, 11) is 1.68. The van der Waals surface area contributed by atoms with Crippen LogP contribution in [-0.4, -0.2) is 96.4 Å². The van der Waals surface area contributed by atoms with Crippen molar-refractivity contribution in [3.63, 3.8) is 0 Å².